The van der Waals surface area contributed by atoms with Gasteiger partial charge in [-0.15, -0.1) is 11.8 Å². The van der Waals surface area contributed by atoms with E-state index in [9.17, 15) is 13.2 Å². The Morgan fingerprint density at radius 2 is 1.81 bits per heavy atom. The van der Waals surface area contributed by atoms with E-state index < -0.39 is 17.5 Å². The minimum absolute atomic E-state index is 0.130. The number of rotatable bonds is 4. The first-order valence-electron chi connectivity index (χ1n) is 5.83. The van der Waals surface area contributed by atoms with E-state index in [1.165, 1.54) is 11.8 Å². The molecule has 0 aromatic heterocycles. The maximum absolute atomic E-state index is 13.7. The summed E-state index contributed by atoms with van der Waals surface area (Å²) in [6.07, 6.45) is 1.85. The third kappa shape index (κ3) is 3.14. The van der Waals surface area contributed by atoms with Crippen LogP contribution in [-0.4, -0.2) is 11.2 Å². The molecule has 21 heavy (non-hydrogen) atoms. The summed E-state index contributed by atoms with van der Waals surface area (Å²) in [5, 5.41) is 2.70. The normalized spacial score (nSPS) is 10.5. The highest BCUT2D eigenvalue weighted by atomic mass is 32.2. The van der Waals surface area contributed by atoms with Crippen molar-refractivity contribution >= 4 is 40.3 Å². The van der Waals surface area contributed by atoms with E-state index in [0.717, 1.165) is 17.0 Å². The third-order valence-corrected chi connectivity index (χ3v) is 3.78. The lowest BCUT2D eigenvalue weighted by molar-refractivity contribution is 0.449. The molecule has 0 bridgehead atoms. The number of hydrogen-bond acceptors (Lipinski definition) is 3. The minimum Gasteiger partial charge on any atom is -0.389 e. The summed E-state index contributed by atoms with van der Waals surface area (Å²) in [6, 6.07) is 7.14. The Hall–Kier alpha value is -1.73. The van der Waals surface area contributed by atoms with Gasteiger partial charge >= 0.3 is 0 Å². The number of thiocarbonyl (C=S) groups is 1. The van der Waals surface area contributed by atoms with Gasteiger partial charge in [0.1, 0.15) is 4.99 Å². The summed E-state index contributed by atoms with van der Waals surface area (Å²) >= 11 is 6.42. The van der Waals surface area contributed by atoms with Crippen molar-refractivity contribution in [2.45, 2.75) is 4.90 Å². The molecule has 0 spiro atoms. The summed E-state index contributed by atoms with van der Waals surface area (Å²) in [5.74, 6) is -4.07. The third-order valence-electron chi connectivity index (χ3n) is 2.80. The van der Waals surface area contributed by atoms with Crippen molar-refractivity contribution in [2.24, 2.45) is 5.73 Å². The van der Waals surface area contributed by atoms with Crippen LogP contribution in [0.25, 0.3) is 0 Å². The van der Waals surface area contributed by atoms with E-state index in [4.69, 9.17) is 18.0 Å². The molecule has 2 aromatic rings. The number of anilines is 2. The number of halogens is 3. The zero-order valence-electron chi connectivity index (χ0n) is 10.9. The van der Waals surface area contributed by atoms with Gasteiger partial charge in [-0.2, -0.15) is 0 Å². The van der Waals surface area contributed by atoms with Crippen molar-refractivity contribution in [3.05, 3.63) is 53.3 Å². The number of hydrogen-bond donors (Lipinski definition) is 2. The zero-order valence-corrected chi connectivity index (χ0v) is 12.5. The molecule has 0 amide bonds. The first-order valence-corrected chi connectivity index (χ1v) is 7.46. The maximum Gasteiger partial charge on any atom is 0.196 e. The lowest BCUT2D eigenvalue weighted by atomic mass is 10.1. The summed E-state index contributed by atoms with van der Waals surface area (Å²) in [5.41, 5.74) is 6.46. The van der Waals surface area contributed by atoms with Crippen LogP contribution in [0.4, 0.5) is 24.5 Å². The fourth-order valence-corrected chi connectivity index (χ4v) is 2.75. The van der Waals surface area contributed by atoms with Crippen molar-refractivity contribution in [1.29, 1.82) is 0 Å². The molecule has 0 radical (unpaired) electrons. The molecule has 2 rings (SSSR count). The van der Waals surface area contributed by atoms with E-state index in [1.54, 1.807) is 12.1 Å². The number of nitrogens with two attached hydrogens (primary N) is 1. The van der Waals surface area contributed by atoms with Gasteiger partial charge in [-0.3, -0.25) is 0 Å². The summed E-state index contributed by atoms with van der Waals surface area (Å²) < 4.78 is 39.9. The summed E-state index contributed by atoms with van der Waals surface area (Å²) in [7, 11) is 0. The Morgan fingerprint density at radius 3 is 2.43 bits per heavy atom. The van der Waals surface area contributed by atoms with Gasteiger partial charge in [0.15, 0.2) is 17.5 Å². The molecule has 2 nitrogen and oxygen atoms in total. The van der Waals surface area contributed by atoms with Crippen molar-refractivity contribution in [2.75, 3.05) is 11.6 Å². The summed E-state index contributed by atoms with van der Waals surface area (Å²) in [4.78, 5) is 0.931. The SMILES string of the molecule is CSc1cccc(Nc2ccc(F)c(F)c2F)c1C(N)=S. The zero-order chi connectivity index (χ0) is 15.6. The number of nitrogens with one attached hydrogen (secondary N) is 1. The molecular formula is C14H11F3N2S2. The predicted octanol–water partition coefficient (Wildman–Crippen LogP) is 4.20. The Bertz CT molecular complexity index is 705. The quantitative estimate of drug-likeness (QED) is 0.501. The van der Waals surface area contributed by atoms with Crippen LogP contribution in [0.5, 0.6) is 0 Å². The van der Waals surface area contributed by atoms with E-state index in [2.05, 4.69) is 5.32 Å². The molecule has 0 aliphatic carbocycles. The van der Waals surface area contributed by atoms with Gasteiger partial charge < -0.3 is 11.1 Å². The van der Waals surface area contributed by atoms with Gasteiger partial charge in [0, 0.05) is 16.1 Å². The van der Waals surface area contributed by atoms with Crippen molar-refractivity contribution in [3.63, 3.8) is 0 Å². The van der Waals surface area contributed by atoms with Crippen LogP contribution in [0, 0.1) is 17.5 Å². The molecule has 0 fully saturated rings. The molecule has 0 saturated heterocycles. The van der Waals surface area contributed by atoms with Crippen molar-refractivity contribution in [3.8, 4) is 0 Å². The number of benzene rings is 2. The molecule has 110 valence electrons. The largest absolute Gasteiger partial charge is 0.389 e. The number of thioether (sulfide) groups is 1. The first kappa shape index (κ1) is 15.7. The van der Waals surface area contributed by atoms with E-state index in [-0.39, 0.29) is 10.7 Å². The van der Waals surface area contributed by atoms with Gasteiger partial charge in [0.05, 0.1) is 5.69 Å². The lowest BCUT2D eigenvalue weighted by Crippen LogP contribution is -2.13. The van der Waals surface area contributed by atoms with Gasteiger partial charge in [-0.25, -0.2) is 13.2 Å². The average molecular weight is 328 g/mol. The smallest absolute Gasteiger partial charge is 0.196 e. The van der Waals surface area contributed by atoms with Crippen LogP contribution < -0.4 is 11.1 Å². The predicted molar refractivity (Wildman–Crippen MR) is 83.7 cm³/mol. The molecule has 0 heterocycles. The molecule has 0 aliphatic heterocycles. The second-order valence-corrected chi connectivity index (χ2v) is 5.38. The maximum atomic E-state index is 13.7. The highest BCUT2D eigenvalue weighted by Crippen LogP contribution is 2.30. The standard InChI is InChI=1S/C14H11F3N2S2/c1-21-10-4-2-3-8(11(10)14(18)20)19-9-6-5-7(15)12(16)13(9)17/h2-6,19H,1H3,(H2,18,20). The molecule has 0 unspecified atom stereocenters. The van der Waals surface area contributed by atoms with Crippen LogP contribution in [0.3, 0.4) is 0 Å². The topological polar surface area (TPSA) is 38.0 Å². The second kappa shape index (κ2) is 6.36. The second-order valence-electron chi connectivity index (χ2n) is 4.09. The van der Waals surface area contributed by atoms with Crippen LogP contribution >= 0.6 is 24.0 Å². The molecular weight excluding hydrogens is 317 g/mol. The highest BCUT2D eigenvalue weighted by molar-refractivity contribution is 7.98. The summed E-state index contributed by atoms with van der Waals surface area (Å²) in [6.45, 7) is 0. The van der Waals surface area contributed by atoms with Gasteiger partial charge in [0.2, 0.25) is 0 Å². The van der Waals surface area contributed by atoms with Crippen LogP contribution in [-0.2, 0) is 0 Å². The highest BCUT2D eigenvalue weighted by Gasteiger charge is 2.16. The van der Waals surface area contributed by atoms with Gasteiger partial charge in [-0.1, -0.05) is 18.3 Å². The Kier molecular flexibility index (Phi) is 4.74. The minimum atomic E-state index is -1.53. The average Bonchev–Trinajstić information content (AvgIpc) is 2.47. The monoisotopic (exact) mass is 328 g/mol. The fourth-order valence-electron chi connectivity index (χ4n) is 1.83. The molecule has 0 aliphatic rings. The lowest BCUT2D eigenvalue weighted by Gasteiger charge is -2.15. The first-order chi connectivity index (χ1) is 9.95. The van der Waals surface area contributed by atoms with Crippen LogP contribution in [0.2, 0.25) is 0 Å². The Morgan fingerprint density at radius 1 is 1.10 bits per heavy atom. The van der Waals surface area contributed by atoms with Crippen molar-refractivity contribution < 1.29 is 13.2 Å². The van der Waals surface area contributed by atoms with Gasteiger partial charge in [0.25, 0.3) is 0 Å². The van der Waals surface area contributed by atoms with E-state index in [0.29, 0.717) is 11.3 Å². The molecule has 3 N–H and O–H groups in total. The Balaban J connectivity index is 2.50. The van der Waals surface area contributed by atoms with Crippen molar-refractivity contribution in [1.82, 2.24) is 0 Å². The fraction of sp³-hybridized carbons (Fsp3) is 0.0714. The van der Waals surface area contributed by atoms with Gasteiger partial charge in [-0.05, 0) is 30.5 Å². The molecule has 0 saturated carbocycles. The molecule has 0 atom stereocenters. The van der Waals surface area contributed by atoms with Crippen LogP contribution in [0.15, 0.2) is 35.2 Å². The molecule has 2 aromatic carbocycles. The Labute approximate surface area is 129 Å². The van der Waals surface area contributed by atoms with E-state index in [1.807, 2.05) is 12.3 Å². The van der Waals surface area contributed by atoms with Crippen LogP contribution in [0.1, 0.15) is 5.56 Å². The molecule has 7 heteroatoms. The van der Waals surface area contributed by atoms with E-state index >= 15 is 0 Å².